The predicted octanol–water partition coefficient (Wildman–Crippen LogP) is 5.54. The molecule has 1 unspecified atom stereocenters. The topological polar surface area (TPSA) is 135 Å². The number of ketones is 1. The van der Waals surface area contributed by atoms with Gasteiger partial charge in [0.25, 0.3) is 5.78 Å². The van der Waals surface area contributed by atoms with Gasteiger partial charge in [0.15, 0.2) is 16.6 Å². The number of amides is 1. The second-order valence-electron chi connectivity index (χ2n) is 9.19. The predicted molar refractivity (Wildman–Crippen MR) is 154 cm³/mol. The van der Waals surface area contributed by atoms with E-state index in [1.807, 2.05) is 0 Å². The van der Waals surface area contributed by atoms with Crippen LogP contribution in [-0.2, 0) is 14.3 Å². The molecular formula is C30H32N2O8S. The summed E-state index contributed by atoms with van der Waals surface area (Å²) in [6.07, 6.45) is 1.89. The molecule has 2 N–H and O–H groups in total. The number of aryl methyl sites for hydroxylation is 1. The monoisotopic (exact) mass is 580 g/mol. The standard InChI is InChI=1S/C30H32N2O8S/c1-5-8-15-40-20-12-9-18(10-13-20)25(34)23-24(19-11-14-21(33)22(16-19)38-6-2)32(28(36)26(23)35)30-31-17(4)27(41-30)29(37)39-7-3/h9-14,16,24,33-34H,5-8,15H2,1-4H3. The highest BCUT2D eigenvalue weighted by Crippen LogP contribution is 2.45. The summed E-state index contributed by atoms with van der Waals surface area (Å²) in [5, 5.41) is 21.8. The van der Waals surface area contributed by atoms with Gasteiger partial charge in [-0.2, -0.15) is 0 Å². The fourth-order valence-electron chi connectivity index (χ4n) is 4.39. The summed E-state index contributed by atoms with van der Waals surface area (Å²) in [6.45, 7) is 8.07. The molecule has 0 spiro atoms. The number of benzene rings is 2. The average molecular weight is 581 g/mol. The molecule has 216 valence electrons. The maximum Gasteiger partial charge on any atom is 0.350 e. The Balaban J connectivity index is 1.85. The molecule has 2 aromatic carbocycles. The molecule has 1 aliphatic heterocycles. The third-order valence-electron chi connectivity index (χ3n) is 6.39. The molecule has 4 rings (SSSR count). The first kappa shape index (κ1) is 29.6. The maximum absolute atomic E-state index is 13.5. The quantitative estimate of drug-likeness (QED) is 0.0985. The molecule has 11 heteroatoms. The van der Waals surface area contributed by atoms with E-state index in [1.165, 1.54) is 18.2 Å². The van der Waals surface area contributed by atoms with E-state index >= 15 is 0 Å². The van der Waals surface area contributed by atoms with Gasteiger partial charge in [0.05, 0.1) is 37.1 Å². The third-order valence-corrected chi connectivity index (χ3v) is 7.53. The molecule has 1 aromatic heterocycles. The number of aliphatic hydroxyl groups excluding tert-OH is 1. The van der Waals surface area contributed by atoms with Crippen LogP contribution in [0, 0.1) is 6.92 Å². The molecule has 2 heterocycles. The molecule has 1 aliphatic rings. The first-order valence-electron chi connectivity index (χ1n) is 13.4. The van der Waals surface area contributed by atoms with E-state index in [4.69, 9.17) is 14.2 Å². The van der Waals surface area contributed by atoms with Crippen LogP contribution in [0.5, 0.6) is 17.2 Å². The van der Waals surface area contributed by atoms with Crippen molar-refractivity contribution in [1.29, 1.82) is 0 Å². The molecule has 1 fully saturated rings. The Hall–Kier alpha value is -4.38. The molecule has 1 atom stereocenters. The number of esters is 1. The van der Waals surface area contributed by atoms with E-state index in [1.54, 1.807) is 45.0 Å². The fraction of sp³-hybridized carbons (Fsp3) is 0.333. The van der Waals surface area contributed by atoms with Crippen LogP contribution >= 0.6 is 11.3 Å². The number of anilines is 1. The lowest BCUT2D eigenvalue weighted by molar-refractivity contribution is -0.132. The summed E-state index contributed by atoms with van der Waals surface area (Å²) in [7, 11) is 0. The van der Waals surface area contributed by atoms with Crippen LogP contribution in [0.2, 0.25) is 0 Å². The van der Waals surface area contributed by atoms with Crippen molar-refractivity contribution in [2.45, 2.75) is 46.6 Å². The second-order valence-corrected chi connectivity index (χ2v) is 10.2. The van der Waals surface area contributed by atoms with Crippen molar-refractivity contribution in [2.24, 2.45) is 0 Å². The highest BCUT2D eigenvalue weighted by atomic mass is 32.1. The van der Waals surface area contributed by atoms with Crippen molar-refractivity contribution >= 4 is 39.9 Å². The lowest BCUT2D eigenvalue weighted by Gasteiger charge is -2.23. The summed E-state index contributed by atoms with van der Waals surface area (Å²) in [5.74, 6) is -2.20. The van der Waals surface area contributed by atoms with Gasteiger partial charge in [-0.3, -0.25) is 14.5 Å². The van der Waals surface area contributed by atoms with Crippen molar-refractivity contribution < 1.29 is 38.8 Å². The molecule has 1 amide bonds. The Labute approximate surface area is 241 Å². The molecule has 0 aliphatic carbocycles. The lowest BCUT2D eigenvalue weighted by Crippen LogP contribution is -2.29. The molecule has 10 nitrogen and oxygen atoms in total. The van der Waals surface area contributed by atoms with Crippen LogP contribution in [-0.4, -0.2) is 52.7 Å². The van der Waals surface area contributed by atoms with E-state index in [-0.39, 0.29) is 46.1 Å². The van der Waals surface area contributed by atoms with Crippen LogP contribution in [0.4, 0.5) is 5.13 Å². The van der Waals surface area contributed by atoms with Crippen LogP contribution in [0.25, 0.3) is 5.76 Å². The minimum atomic E-state index is -1.13. The zero-order chi connectivity index (χ0) is 29.7. The highest BCUT2D eigenvalue weighted by Gasteiger charge is 2.48. The first-order chi connectivity index (χ1) is 19.7. The smallest absolute Gasteiger partial charge is 0.350 e. The van der Waals surface area contributed by atoms with Crippen molar-refractivity contribution in [1.82, 2.24) is 4.98 Å². The Morgan fingerprint density at radius 2 is 1.78 bits per heavy atom. The summed E-state index contributed by atoms with van der Waals surface area (Å²) in [6, 6.07) is 9.87. The number of aromatic hydroxyl groups is 1. The molecular weight excluding hydrogens is 548 g/mol. The van der Waals surface area contributed by atoms with Crippen LogP contribution in [0.1, 0.15) is 66.1 Å². The molecule has 1 saturated heterocycles. The zero-order valence-corrected chi connectivity index (χ0v) is 24.1. The molecule has 3 aromatic rings. The number of phenolic OH excluding ortho intramolecular Hbond substituents is 1. The molecule has 0 saturated carbocycles. The van der Waals surface area contributed by atoms with Gasteiger partial charge in [0, 0.05) is 5.56 Å². The Kier molecular flexibility index (Phi) is 9.28. The van der Waals surface area contributed by atoms with Gasteiger partial charge in [0.1, 0.15) is 16.4 Å². The minimum absolute atomic E-state index is 0.0856. The molecule has 0 radical (unpaired) electrons. The highest BCUT2D eigenvalue weighted by molar-refractivity contribution is 7.17. The van der Waals surface area contributed by atoms with E-state index in [0.717, 1.165) is 29.1 Å². The average Bonchev–Trinajstić information content (AvgIpc) is 3.46. The third kappa shape index (κ3) is 6.04. The van der Waals surface area contributed by atoms with Crippen LogP contribution in [0.3, 0.4) is 0 Å². The first-order valence-corrected chi connectivity index (χ1v) is 14.2. The zero-order valence-electron chi connectivity index (χ0n) is 23.3. The number of unbranched alkanes of at least 4 members (excludes halogenated alkanes) is 1. The number of aromatic nitrogens is 1. The number of hydrogen-bond acceptors (Lipinski definition) is 10. The fourth-order valence-corrected chi connectivity index (χ4v) is 5.37. The number of thiazole rings is 1. The number of aliphatic hydroxyl groups is 1. The summed E-state index contributed by atoms with van der Waals surface area (Å²) >= 11 is 0.913. The second kappa shape index (κ2) is 12.9. The Bertz CT molecular complexity index is 1480. The number of phenols is 1. The van der Waals surface area contributed by atoms with E-state index in [9.17, 15) is 24.6 Å². The van der Waals surface area contributed by atoms with Gasteiger partial charge in [-0.05, 0) is 69.2 Å². The number of ether oxygens (including phenoxy) is 3. The van der Waals surface area contributed by atoms with Crippen LogP contribution < -0.4 is 14.4 Å². The van der Waals surface area contributed by atoms with Crippen molar-refractivity contribution in [3.05, 3.63) is 69.7 Å². The van der Waals surface area contributed by atoms with Crippen molar-refractivity contribution in [3.63, 3.8) is 0 Å². The number of Topliss-reactive ketones (excluding diaryl/α,β-unsaturated/α-hetero) is 1. The largest absolute Gasteiger partial charge is 0.507 e. The van der Waals surface area contributed by atoms with E-state index < -0.39 is 23.7 Å². The number of rotatable bonds is 11. The Morgan fingerprint density at radius 3 is 2.44 bits per heavy atom. The van der Waals surface area contributed by atoms with Gasteiger partial charge < -0.3 is 24.4 Å². The Morgan fingerprint density at radius 1 is 1.05 bits per heavy atom. The maximum atomic E-state index is 13.5. The van der Waals surface area contributed by atoms with Gasteiger partial charge in [-0.15, -0.1) is 0 Å². The van der Waals surface area contributed by atoms with Crippen LogP contribution in [0.15, 0.2) is 48.0 Å². The van der Waals surface area contributed by atoms with Gasteiger partial charge in [0.2, 0.25) is 0 Å². The normalized spacial score (nSPS) is 16.2. The molecule has 0 bridgehead atoms. The van der Waals surface area contributed by atoms with Gasteiger partial charge in [-0.25, -0.2) is 9.78 Å². The lowest BCUT2D eigenvalue weighted by atomic mass is 9.95. The molecule has 41 heavy (non-hydrogen) atoms. The summed E-state index contributed by atoms with van der Waals surface area (Å²) in [5.41, 5.74) is 0.857. The SMILES string of the molecule is CCCCOc1ccc(C(O)=C2C(=O)C(=O)N(c3nc(C)c(C(=O)OCC)s3)C2c2ccc(O)c(OCC)c2)cc1. The minimum Gasteiger partial charge on any atom is -0.507 e. The number of nitrogens with zero attached hydrogens (tertiary/aromatic N) is 2. The number of hydrogen-bond donors (Lipinski definition) is 2. The summed E-state index contributed by atoms with van der Waals surface area (Å²) < 4.78 is 16.4. The number of carbonyl (C=O) groups is 3. The van der Waals surface area contributed by atoms with Gasteiger partial charge >= 0.3 is 11.9 Å². The van der Waals surface area contributed by atoms with Gasteiger partial charge in [-0.1, -0.05) is 30.7 Å². The number of carbonyl (C=O) groups excluding carboxylic acids is 3. The van der Waals surface area contributed by atoms with Crippen molar-refractivity contribution in [3.8, 4) is 17.2 Å². The van der Waals surface area contributed by atoms with E-state index in [2.05, 4.69) is 11.9 Å². The summed E-state index contributed by atoms with van der Waals surface area (Å²) in [4.78, 5) is 45.3. The van der Waals surface area contributed by atoms with Crippen molar-refractivity contribution in [2.75, 3.05) is 24.7 Å². The van der Waals surface area contributed by atoms with E-state index in [0.29, 0.717) is 29.2 Å².